The van der Waals surface area contributed by atoms with E-state index in [1.807, 2.05) is 29.7 Å². The molecular formula is C23H32ClF3N4O2. The number of nitrogens with one attached hydrogen (secondary N) is 1. The van der Waals surface area contributed by atoms with Crippen molar-refractivity contribution in [2.24, 2.45) is 0 Å². The van der Waals surface area contributed by atoms with E-state index in [0.29, 0.717) is 36.9 Å². The summed E-state index contributed by atoms with van der Waals surface area (Å²) in [5.74, 6) is -0.692. The summed E-state index contributed by atoms with van der Waals surface area (Å²) >= 11 is 6.24. The Labute approximate surface area is 198 Å². The molecule has 3 rings (SSSR count). The zero-order chi connectivity index (χ0) is 24.2. The molecule has 2 heterocycles. The Morgan fingerprint density at radius 2 is 1.82 bits per heavy atom. The third-order valence-corrected chi connectivity index (χ3v) is 6.59. The summed E-state index contributed by atoms with van der Waals surface area (Å²) in [5.41, 5.74) is 2.10. The minimum Gasteiger partial charge on any atom is -0.326 e. The molecule has 0 aromatic heterocycles. The molecule has 2 aliphatic heterocycles. The molecule has 1 N–H and O–H groups in total. The fraction of sp³-hybridized carbons (Fsp3) is 0.652. The number of nitrogens with zero attached hydrogens (tertiary/aromatic N) is 3. The molecule has 1 aromatic carbocycles. The fourth-order valence-electron chi connectivity index (χ4n) is 4.47. The van der Waals surface area contributed by atoms with Gasteiger partial charge in [-0.25, -0.2) is 4.79 Å². The smallest absolute Gasteiger partial charge is 0.326 e. The number of carbonyl (C=O) groups is 2. The van der Waals surface area contributed by atoms with E-state index < -0.39 is 24.9 Å². The van der Waals surface area contributed by atoms with Crippen molar-refractivity contribution < 1.29 is 22.8 Å². The number of rotatable bonds is 5. The summed E-state index contributed by atoms with van der Waals surface area (Å²) in [7, 11) is 0. The molecule has 10 heteroatoms. The van der Waals surface area contributed by atoms with Crippen molar-refractivity contribution in [2.75, 3.05) is 38.0 Å². The molecule has 6 nitrogen and oxygen atoms in total. The number of likely N-dealkylation sites (tertiary alicyclic amines) is 1. The van der Waals surface area contributed by atoms with Gasteiger partial charge in [-0.3, -0.25) is 9.69 Å². The molecule has 0 bridgehead atoms. The number of hydrogen-bond acceptors (Lipinski definition) is 3. The van der Waals surface area contributed by atoms with Crippen LogP contribution in [0.3, 0.4) is 0 Å². The molecule has 1 atom stereocenters. The molecule has 2 fully saturated rings. The average molecular weight is 489 g/mol. The van der Waals surface area contributed by atoms with Gasteiger partial charge >= 0.3 is 12.2 Å². The van der Waals surface area contributed by atoms with E-state index in [9.17, 15) is 22.8 Å². The number of alkyl halides is 3. The number of amides is 3. The normalized spacial score (nSPS) is 20.1. The third-order valence-electron chi connectivity index (χ3n) is 6.37. The molecule has 0 saturated carbocycles. The van der Waals surface area contributed by atoms with Gasteiger partial charge in [-0.15, -0.1) is 0 Å². The van der Waals surface area contributed by atoms with Gasteiger partial charge in [-0.2, -0.15) is 13.2 Å². The van der Waals surface area contributed by atoms with Gasteiger partial charge in [0.05, 0.1) is 6.42 Å². The minimum atomic E-state index is -4.37. The first-order valence-electron chi connectivity index (χ1n) is 11.5. The standard InChI is InChI=1S/C23H32ClF3N4O2/c1-16-14-29(10-11-31(16)22(33)30-8-4-3-5-9-30)15-18-12-19(24)13-20(17(18)2)28-21(32)6-7-23(25,26)27/h12-13,16H,3-11,14-15H2,1-2H3,(H,28,32). The van der Waals surface area contributed by atoms with Gasteiger partial charge in [0.25, 0.3) is 0 Å². The number of piperidine rings is 1. The van der Waals surface area contributed by atoms with Crippen molar-refractivity contribution in [3.63, 3.8) is 0 Å². The Morgan fingerprint density at radius 3 is 2.45 bits per heavy atom. The summed E-state index contributed by atoms with van der Waals surface area (Å²) in [6.45, 7) is 8.15. The number of halogens is 4. The molecule has 0 radical (unpaired) electrons. The van der Waals surface area contributed by atoms with Crippen molar-refractivity contribution in [3.05, 3.63) is 28.3 Å². The quantitative estimate of drug-likeness (QED) is 0.631. The highest BCUT2D eigenvalue weighted by Crippen LogP contribution is 2.28. The summed E-state index contributed by atoms with van der Waals surface area (Å²) in [6, 6.07) is 3.56. The molecule has 2 saturated heterocycles. The zero-order valence-electron chi connectivity index (χ0n) is 19.2. The lowest BCUT2D eigenvalue weighted by molar-refractivity contribution is -0.142. The Morgan fingerprint density at radius 1 is 1.12 bits per heavy atom. The number of carbonyl (C=O) groups excluding carboxylic acids is 2. The second-order valence-electron chi connectivity index (χ2n) is 9.01. The van der Waals surface area contributed by atoms with Crippen LogP contribution in [0.4, 0.5) is 23.7 Å². The van der Waals surface area contributed by atoms with Crippen LogP contribution in [0.2, 0.25) is 5.02 Å². The van der Waals surface area contributed by atoms with E-state index in [0.717, 1.165) is 37.1 Å². The van der Waals surface area contributed by atoms with E-state index in [1.54, 1.807) is 6.07 Å². The van der Waals surface area contributed by atoms with Gasteiger partial charge in [-0.1, -0.05) is 11.6 Å². The molecule has 3 amide bonds. The lowest BCUT2D eigenvalue weighted by Gasteiger charge is -2.42. The van der Waals surface area contributed by atoms with Crippen LogP contribution in [-0.4, -0.2) is 71.6 Å². The maximum atomic E-state index is 12.9. The lowest BCUT2D eigenvalue weighted by atomic mass is 10.0. The maximum absolute atomic E-state index is 12.9. The molecule has 0 aliphatic carbocycles. The Bertz CT molecular complexity index is 859. The van der Waals surface area contributed by atoms with Gasteiger partial charge in [0.15, 0.2) is 0 Å². The molecular weight excluding hydrogens is 457 g/mol. The minimum absolute atomic E-state index is 0.0641. The topological polar surface area (TPSA) is 55.9 Å². The van der Waals surface area contributed by atoms with Crippen LogP contribution >= 0.6 is 11.6 Å². The highest BCUT2D eigenvalue weighted by atomic mass is 35.5. The van der Waals surface area contributed by atoms with Crippen molar-refractivity contribution >= 4 is 29.2 Å². The van der Waals surface area contributed by atoms with E-state index in [2.05, 4.69) is 10.2 Å². The van der Waals surface area contributed by atoms with Crippen LogP contribution in [0.15, 0.2) is 12.1 Å². The van der Waals surface area contributed by atoms with Gasteiger partial charge in [0.1, 0.15) is 0 Å². The van der Waals surface area contributed by atoms with Gasteiger partial charge < -0.3 is 15.1 Å². The van der Waals surface area contributed by atoms with E-state index in [-0.39, 0.29) is 12.1 Å². The summed E-state index contributed by atoms with van der Waals surface area (Å²) in [5, 5.41) is 2.98. The number of hydrogen-bond donors (Lipinski definition) is 1. The summed E-state index contributed by atoms with van der Waals surface area (Å²) in [4.78, 5) is 31.0. The van der Waals surface area contributed by atoms with E-state index in [4.69, 9.17) is 11.6 Å². The second kappa shape index (κ2) is 11.0. The summed E-state index contributed by atoms with van der Waals surface area (Å²) < 4.78 is 37.2. The van der Waals surface area contributed by atoms with Crippen LogP contribution in [0.5, 0.6) is 0 Å². The van der Waals surface area contributed by atoms with Crippen LogP contribution in [0.25, 0.3) is 0 Å². The Balaban J connectivity index is 1.60. The van der Waals surface area contributed by atoms with Crippen LogP contribution in [0.1, 0.15) is 50.2 Å². The fourth-order valence-corrected chi connectivity index (χ4v) is 4.71. The molecule has 2 aliphatic rings. The van der Waals surface area contributed by atoms with Crippen LogP contribution in [-0.2, 0) is 11.3 Å². The van der Waals surface area contributed by atoms with Gasteiger partial charge in [0, 0.05) is 62.4 Å². The Kier molecular flexibility index (Phi) is 8.50. The van der Waals surface area contributed by atoms with E-state index >= 15 is 0 Å². The number of urea groups is 1. The van der Waals surface area contributed by atoms with Gasteiger partial charge in [-0.05, 0) is 56.4 Å². The highest BCUT2D eigenvalue weighted by Gasteiger charge is 2.31. The zero-order valence-corrected chi connectivity index (χ0v) is 19.9. The molecule has 1 unspecified atom stereocenters. The van der Waals surface area contributed by atoms with Crippen molar-refractivity contribution in [2.45, 2.75) is 64.7 Å². The van der Waals surface area contributed by atoms with Gasteiger partial charge in [0.2, 0.25) is 5.91 Å². The Hall–Kier alpha value is -2.00. The predicted molar refractivity (Wildman–Crippen MR) is 122 cm³/mol. The molecule has 0 spiro atoms. The van der Waals surface area contributed by atoms with Crippen molar-refractivity contribution in [1.29, 1.82) is 0 Å². The molecule has 184 valence electrons. The largest absolute Gasteiger partial charge is 0.389 e. The molecule has 1 aromatic rings. The first-order chi connectivity index (χ1) is 15.5. The number of anilines is 1. The number of benzene rings is 1. The predicted octanol–water partition coefficient (Wildman–Crippen LogP) is 5.04. The van der Waals surface area contributed by atoms with Crippen molar-refractivity contribution in [3.8, 4) is 0 Å². The van der Waals surface area contributed by atoms with Crippen LogP contribution < -0.4 is 5.32 Å². The summed E-state index contributed by atoms with van der Waals surface area (Å²) in [6.07, 6.45) is -2.87. The van der Waals surface area contributed by atoms with Crippen molar-refractivity contribution in [1.82, 2.24) is 14.7 Å². The number of piperazine rings is 1. The first kappa shape index (κ1) is 25.6. The first-order valence-corrected chi connectivity index (χ1v) is 11.8. The second-order valence-corrected chi connectivity index (χ2v) is 9.45. The van der Waals surface area contributed by atoms with Crippen LogP contribution in [0, 0.1) is 6.92 Å². The lowest BCUT2D eigenvalue weighted by Crippen LogP contribution is -2.57. The third kappa shape index (κ3) is 7.24. The highest BCUT2D eigenvalue weighted by molar-refractivity contribution is 6.31. The average Bonchev–Trinajstić information content (AvgIpc) is 2.75. The maximum Gasteiger partial charge on any atom is 0.389 e. The SMILES string of the molecule is Cc1c(CN2CCN(C(=O)N3CCCCC3)C(C)C2)cc(Cl)cc1NC(=O)CCC(F)(F)F. The monoisotopic (exact) mass is 488 g/mol. The molecule has 33 heavy (non-hydrogen) atoms. The van der Waals surface area contributed by atoms with E-state index in [1.165, 1.54) is 6.42 Å².